The van der Waals surface area contributed by atoms with Gasteiger partial charge in [0, 0.05) is 11.6 Å². The number of carbonyl (C=O) groups excluding carboxylic acids is 2. The van der Waals surface area contributed by atoms with Crippen LogP contribution in [0.15, 0.2) is 48.5 Å². The van der Waals surface area contributed by atoms with E-state index >= 15 is 0 Å². The zero-order valence-corrected chi connectivity index (χ0v) is 14.3. The number of nitrogens with one attached hydrogen (secondary N) is 4. The van der Waals surface area contributed by atoms with Gasteiger partial charge in [0.05, 0.1) is 0 Å². The van der Waals surface area contributed by atoms with Gasteiger partial charge in [-0.2, -0.15) is 0 Å². The first-order valence-corrected chi connectivity index (χ1v) is 8.28. The largest absolute Gasteiger partial charge is 0.271 e. The minimum atomic E-state index is -0.412. The van der Waals surface area contributed by atoms with E-state index < -0.39 is 6.04 Å². The minimum absolute atomic E-state index is 0.0624. The van der Waals surface area contributed by atoms with E-state index in [1.807, 2.05) is 50.2 Å². The zero-order valence-electron chi connectivity index (χ0n) is 14.3. The van der Waals surface area contributed by atoms with Gasteiger partial charge in [-0.15, -0.1) is 0 Å². The average Bonchev–Trinajstić information content (AvgIpc) is 3.12. The Kier molecular flexibility index (Phi) is 5.11. The van der Waals surface area contributed by atoms with Crippen LogP contribution in [0.3, 0.4) is 0 Å². The Bertz CT molecular complexity index is 776. The van der Waals surface area contributed by atoms with Crippen LogP contribution in [0.5, 0.6) is 0 Å². The summed E-state index contributed by atoms with van der Waals surface area (Å²) >= 11 is 0. The lowest BCUT2D eigenvalue weighted by molar-refractivity contribution is -0.123. The van der Waals surface area contributed by atoms with Crippen molar-refractivity contribution in [2.75, 3.05) is 0 Å². The molecule has 0 aromatic heterocycles. The molecule has 6 nitrogen and oxygen atoms in total. The van der Waals surface area contributed by atoms with Crippen LogP contribution in [0.2, 0.25) is 0 Å². The monoisotopic (exact) mass is 338 g/mol. The Hall–Kier alpha value is -2.70. The molecule has 130 valence electrons. The lowest BCUT2D eigenvalue weighted by Gasteiger charge is -2.12. The molecule has 2 aromatic carbocycles. The topological polar surface area (TPSA) is 82.3 Å². The van der Waals surface area contributed by atoms with Crippen LogP contribution < -0.4 is 21.7 Å². The first-order chi connectivity index (χ1) is 12.0. The molecule has 6 heteroatoms. The quantitative estimate of drug-likeness (QED) is 0.642. The summed E-state index contributed by atoms with van der Waals surface area (Å²) in [5, 5.41) is 0. The smallest absolute Gasteiger partial charge is 0.269 e. The normalized spacial score (nSPS) is 19.4. The molecular weight excluding hydrogens is 316 g/mol. The highest BCUT2D eigenvalue weighted by atomic mass is 16.2. The molecule has 1 saturated heterocycles. The first-order valence-electron chi connectivity index (χ1n) is 8.28. The Balaban J connectivity index is 1.53. The molecular formula is C19H22N4O2. The number of rotatable bonds is 3. The first kappa shape index (κ1) is 17.1. The number of carbonyl (C=O) groups is 2. The van der Waals surface area contributed by atoms with E-state index in [-0.39, 0.29) is 17.9 Å². The van der Waals surface area contributed by atoms with Crippen molar-refractivity contribution in [2.24, 2.45) is 0 Å². The second-order valence-corrected chi connectivity index (χ2v) is 6.28. The summed E-state index contributed by atoms with van der Waals surface area (Å²) in [5.41, 5.74) is 14.8. The van der Waals surface area contributed by atoms with Crippen LogP contribution in [0, 0.1) is 13.8 Å². The van der Waals surface area contributed by atoms with Crippen LogP contribution in [-0.2, 0) is 4.79 Å². The molecule has 1 aliphatic rings. The van der Waals surface area contributed by atoms with Gasteiger partial charge in [0.2, 0.25) is 0 Å². The molecule has 2 amide bonds. The Morgan fingerprint density at radius 2 is 1.72 bits per heavy atom. The van der Waals surface area contributed by atoms with E-state index in [2.05, 4.69) is 21.7 Å². The number of benzene rings is 2. The highest BCUT2D eigenvalue weighted by Crippen LogP contribution is 2.21. The van der Waals surface area contributed by atoms with Crippen LogP contribution in [0.25, 0.3) is 0 Å². The van der Waals surface area contributed by atoms with Crippen molar-refractivity contribution in [3.8, 4) is 0 Å². The third-order valence-corrected chi connectivity index (χ3v) is 4.49. The summed E-state index contributed by atoms with van der Waals surface area (Å²) in [6, 6.07) is 15.0. The van der Waals surface area contributed by atoms with E-state index in [1.54, 1.807) is 12.1 Å². The molecule has 1 aliphatic heterocycles. The molecule has 2 aromatic rings. The zero-order chi connectivity index (χ0) is 17.8. The van der Waals surface area contributed by atoms with Crippen LogP contribution in [-0.4, -0.2) is 17.9 Å². The number of amides is 2. The van der Waals surface area contributed by atoms with Crippen molar-refractivity contribution >= 4 is 11.8 Å². The number of hydrogen-bond donors (Lipinski definition) is 4. The predicted molar refractivity (Wildman–Crippen MR) is 95.4 cm³/mol. The molecule has 0 bridgehead atoms. The van der Waals surface area contributed by atoms with E-state index in [0.29, 0.717) is 12.0 Å². The van der Waals surface area contributed by atoms with Crippen molar-refractivity contribution in [3.05, 3.63) is 70.8 Å². The highest BCUT2D eigenvalue weighted by molar-refractivity contribution is 5.96. The fourth-order valence-corrected chi connectivity index (χ4v) is 2.79. The molecule has 0 aliphatic carbocycles. The fourth-order valence-electron chi connectivity index (χ4n) is 2.79. The molecule has 0 radical (unpaired) electrons. The minimum Gasteiger partial charge on any atom is -0.271 e. The van der Waals surface area contributed by atoms with Crippen molar-refractivity contribution < 1.29 is 9.59 Å². The van der Waals surface area contributed by atoms with Crippen LogP contribution in [0.1, 0.15) is 39.5 Å². The Morgan fingerprint density at radius 3 is 2.44 bits per heavy atom. The number of hydrazine groups is 2. The van der Waals surface area contributed by atoms with E-state index in [4.69, 9.17) is 0 Å². The molecule has 4 N–H and O–H groups in total. The predicted octanol–water partition coefficient (Wildman–Crippen LogP) is 1.67. The lowest BCUT2D eigenvalue weighted by Crippen LogP contribution is -2.50. The number of hydrogen-bond acceptors (Lipinski definition) is 4. The lowest BCUT2D eigenvalue weighted by atomic mass is 10.0. The van der Waals surface area contributed by atoms with Crippen molar-refractivity contribution in [3.63, 3.8) is 0 Å². The maximum atomic E-state index is 12.3. The molecule has 0 saturated carbocycles. The molecule has 1 fully saturated rings. The SMILES string of the molecule is Cc1ccc(C(=O)NNC(=O)C2CC(c3ccccc3)NN2)cc1C. The average molecular weight is 338 g/mol. The number of aryl methyl sites for hydroxylation is 2. The van der Waals surface area contributed by atoms with Gasteiger partial charge >= 0.3 is 0 Å². The van der Waals surface area contributed by atoms with Crippen molar-refractivity contribution in [2.45, 2.75) is 32.4 Å². The molecule has 3 rings (SSSR count). The van der Waals surface area contributed by atoms with Gasteiger partial charge in [-0.05, 0) is 49.1 Å². The summed E-state index contributed by atoms with van der Waals surface area (Å²) in [5.74, 6) is -0.606. The van der Waals surface area contributed by atoms with Gasteiger partial charge in [0.25, 0.3) is 11.8 Å². The molecule has 0 spiro atoms. The van der Waals surface area contributed by atoms with Gasteiger partial charge in [-0.25, -0.2) is 10.9 Å². The Morgan fingerprint density at radius 1 is 0.960 bits per heavy atom. The van der Waals surface area contributed by atoms with Gasteiger partial charge in [-0.3, -0.25) is 20.4 Å². The fraction of sp³-hybridized carbons (Fsp3) is 0.263. The maximum Gasteiger partial charge on any atom is 0.269 e. The second kappa shape index (κ2) is 7.46. The molecule has 1 heterocycles. The van der Waals surface area contributed by atoms with E-state index in [0.717, 1.165) is 16.7 Å². The third kappa shape index (κ3) is 4.04. The maximum absolute atomic E-state index is 12.3. The molecule has 25 heavy (non-hydrogen) atoms. The van der Waals surface area contributed by atoms with Crippen LogP contribution >= 0.6 is 0 Å². The van der Waals surface area contributed by atoms with Gasteiger partial charge in [0.15, 0.2) is 0 Å². The highest BCUT2D eigenvalue weighted by Gasteiger charge is 2.30. The van der Waals surface area contributed by atoms with Gasteiger partial charge < -0.3 is 0 Å². The molecule has 2 unspecified atom stereocenters. The second-order valence-electron chi connectivity index (χ2n) is 6.28. The van der Waals surface area contributed by atoms with Gasteiger partial charge in [-0.1, -0.05) is 36.4 Å². The summed E-state index contributed by atoms with van der Waals surface area (Å²) < 4.78 is 0. The standard InChI is InChI=1S/C19H22N4O2/c1-12-8-9-15(10-13(12)2)18(24)22-23-19(25)17-11-16(20-21-17)14-6-4-3-5-7-14/h3-10,16-17,20-21H,11H2,1-2H3,(H,22,24)(H,23,25). The van der Waals surface area contributed by atoms with E-state index in [1.165, 1.54) is 0 Å². The Labute approximate surface area is 147 Å². The summed E-state index contributed by atoms with van der Waals surface area (Å²) in [6.07, 6.45) is 0.607. The van der Waals surface area contributed by atoms with Gasteiger partial charge in [0.1, 0.15) is 6.04 Å². The van der Waals surface area contributed by atoms with Crippen molar-refractivity contribution in [1.82, 2.24) is 21.7 Å². The van der Waals surface area contributed by atoms with Crippen molar-refractivity contribution in [1.29, 1.82) is 0 Å². The summed E-state index contributed by atoms with van der Waals surface area (Å²) in [4.78, 5) is 24.4. The third-order valence-electron chi connectivity index (χ3n) is 4.49. The summed E-state index contributed by atoms with van der Waals surface area (Å²) in [6.45, 7) is 3.93. The summed E-state index contributed by atoms with van der Waals surface area (Å²) in [7, 11) is 0. The van der Waals surface area contributed by atoms with E-state index in [9.17, 15) is 9.59 Å². The van der Waals surface area contributed by atoms with Crippen LogP contribution in [0.4, 0.5) is 0 Å². The molecule has 2 atom stereocenters.